The summed E-state index contributed by atoms with van der Waals surface area (Å²) in [5.41, 5.74) is 7.41. The van der Waals surface area contributed by atoms with Gasteiger partial charge in [0.05, 0.1) is 12.6 Å². The van der Waals surface area contributed by atoms with E-state index in [1.54, 1.807) is 0 Å². The van der Waals surface area contributed by atoms with Crippen molar-refractivity contribution in [2.75, 3.05) is 0 Å². The average molecular weight is 412 g/mol. The first-order valence-corrected chi connectivity index (χ1v) is 10.9. The molecule has 0 spiro atoms. The van der Waals surface area contributed by atoms with Crippen molar-refractivity contribution in [1.29, 1.82) is 0 Å². The predicted octanol–water partition coefficient (Wildman–Crippen LogP) is 7.19. The molecule has 0 bridgehead atoms. The maximum Gasteiger partial charge on any atom is 0.294 e. The van der Waals surface area contributed by atoms with Crippen LogP contribution in [0.3, 0.4) is 0 Å². The molecular weight excluding hydrogens is 376 g/mol. The first kappa shape index (κ1) is 18.6. The minimum Gasteiger partial charge on any atom is -0.232 e. The number of rotatable bonds is 5. The number of para-hydroxylation sites is 1. The first-order valence-electron chi connectivity index (χ1n) is 11.9. The number of hydrogen-bond donors (Lipinski definition) is 0. The van der Waals surface area contributed by atoms with Gasteiger partial charge in [-0.15, -0.1) is 0 Å². The molecule has 0 aliphatic carbocycles. The lowest BCUT2D eigenvalue weighted by atomic mass is 9.92. The van der Waals surface area contributed by atoms with Crippen LogP contribution in [0.15, 0.2) is 79.1 Å². The lowest BCUT2D eigenvalue weighted by molar-refractivity contribution is -0.659. The summed E-state index contributed by atoms with van der Waals surface area (Å²) in [7, 11) is 2.06. The summed E-state index contributed by atoms with van der Waals surface area (Å²) in [5, 5.41) is 0. The molecule has 1 heterocycles. The summed E-state index contributed by atoms with van der Waals surface area (Å²) in [6, 6.07) is 23.0. The number of nitrogens with zero attached hydrogens (tertiary/aromatic N) is 2. The largest absolute Gasteiger partial charge is 0.294 e. The van der Waals surface area contributed by atoms with Crippen molar-refractivity contribution in [3.8, 4) is 28.2 Å². The van der Waals surface area contributed by atoms with Gasteiger partial charge in [0.1, 0.15) is 18.1 Å². The van der Waals surface area contributed by atoms with Crippen molar-refractivity contribution in [2.45, 2.75) is 46.4 Å². The van der Waals surface area contributed by atoms with Gasteiger partial charge < -0.3 is 0 Å². The van der Waals surface area contributed by atoms with E-state index in [-0.39, 0.29) is 0 Å². The molecule has 0 aliphatic heterocycles. The van der Waals surface area contributed by atoms with E-state index in [0.717, 1.165) is 28.2 Å². The van der Waals surface area contributed by atoms with Crippen molar-refractivity contribution >= 4 is 0 Å². The Bertz CT molecular complexity index is 1260. The molecule has 1 aromatic heterocycles. The van der Waals surface area contributed by atoms with Gasteiger partial charge in [-0.25, -0.2) is 4.57 Å². The van der Waals surface area contributed by atoms with Gasteiger partial charge in [-0.3, -0.25) is 0 Å². The Morgan fingerprint density at radius 3 is 2.06 bits per heavy atom. The minimum absolute atomic E-state index is 0.808. The van der Waals surface area contributed by atoms with Crippen molar-refractivity contribution in [1.82, 2.24) is 4.57 Å². The number of aromatic nitrogens is 2. The molecule has 0 radical (unpaired) electrons. The van der Waals surface area contributed by atoms with Gasteiger partial charge in [-0.1, -0.05) is 88.4 Å². The third-order valence-corrected chi connectivity index (χ3v) is 5.94. The van der Waals surface area contributed by atoms with Gasteiger partial charge >= 0.3 is 0 Å². The highest BCUT2D eigenvalue weighted by atomic mass is 15.1. The van der Waals surface area contributed by atoms with E-state index in [1.807, 2.05) is 52.0 Å². The third-order valence-electron chi connectivity index (χ3n) is 5.94. The van der Waals surface area contributed by atoms with Crippen molar-refractivity contribution < 1.29 is 7.31 Å². The molecule has 0 aliphatic rings. The molecule has 4 aromatic rings. The molecule has 0 fully saturated rings. The molecule has 0 saturated heterocycles. The van der Waals surface area contributed by atoms with Crippen molar-refractivity contribution in [3.05, 3.63) is 95.8 Å². The molecule has 2 nitrogen and oxygen atoms in total. The molecule has 0 saturated carbocycles. The second-order valence-electron chi connectivity index (χ2n) is 8.70. The Kier molecular flexibility index (Phi) is 5.13. The zero-order valence-corrected chi connectivity index (χ0v) is 19.4. The van der Waals surface area contributed by atoms with Gasteiger partial charge in [-0.2, -0.15) is 4.57 Å². The van der Waals surface area contributed by atoms with Crippen LogP contribution < -0.4 is 4.57 Å². The summed E-state index contributed by atoms with van der Waals surface area (Å²) < 4.78 is 22.0. The second-order valence-corrected chi connectivity index (χ2v) is 8.70. The average Bonchev–Trinajstić information content (AvgIpc) is 3.14. The van der Waals surface area contributed by atoms with Gasteiger partial charge in [-0.05, 0) is 41.5 Å². The summed E-state index contributed by atoms with van der Waals surface area (Å²) >= 11 is 0. The van der Waals surface area contributed by atoms with Crippen LogP contribution in [0.2, 0.25) is 0 Å². The predicted molar refractivity (Wildman–Crippen MR) is 131 cm³/mol. The Hall–Kier alpha value is -3.13. The van der Waals surface area contributed by atoms with Crippen LogP contribution in [0.5, 0.6) is 0 Å². The van der Waals surface area contributed by atoms with Crippen molar-refractivity contribution in [2.24, 2.45) is 7.05 Å². The maximum atomic E-state index is 8.85. The lowest BCUT2D eigenvalue weighted by Crippen LogP contribution is -2.29. The van der Waals surface area contributed by atoms with E-state index in [2.05, 4.69) is 78.0 Å². The van der Waals surface area contributed by atoms with Crippen LogP contribution in [0.4, 0.5) is 0 Å². The SMILES string of the molecule is [2H]C(C)(C)c1cccc(C([2H])(C)C)c1-n1cc[n+](C)c1-c1cc(-c2ccccc2)ccc1C. The molecule has 31 heavy (non-hydrogen) atoms. The van der Waals surface area contributed by atoms with Crippen LogP contribution in [0, 0.1) is 6.92 Å². The third kappa shape index (κ3) is 3.95. The molecule has 4 rings (SSSR count). The topological polar surface area (TPSA) is 8.81 Å². The minimum atomic E-state index is -0.808. The smallest absolute Gasteiger partial charge is 0.232 e. The van der Waals surface area contributed by atoms with Crippen LogP contribution in [0.25, 0.3) is 28.2 Å². The summed E-state index contributed by atoms with van der Waals surface area (Å²) in [6.07, 6.45) is 4.11. The fourth-order valence-corrected chi connectivity index (χ4v) is 4.26. The Balaban J connectivity index is 2.03. The molecule has 0 N–H and O–H groups in total. The fraction of sp³-hybridized carbons (Fsp3) is 0.276. The second kappa shape index (κ2) is 8.55. The Morgan fingerprint density at radius 2 is 1.45 bits per heavy atom. The summed E-state index contributed by atoms with van der Waals surface area (Å²) in [5.74, 6) is -0.581. The lowest BCUT2D eigenvalue weighted by Gasteiger charge is -2.18. The van der Waals surface area contributed by atoms with Crippen molar-refractivity contribution in [3.63, 3.8) is 0 Å². The molecule has 0 amide bonds. The molecule has 0 atom stereocenters. The van der Waals surface area contributed by atoms with Crippen LogP contribution in [0.1, 0.15) is 58.9 Å². The highest BCUT2D eigenvalue weighted by molar-refractivity contribution is 5.73. The maximum absolute atomic E-state index is 8.85. The van der Waals surface area contributed by atoms with E-state index >= 15 is 0 Å². The number of benzene rings is 3. The number of imidazole rings is 1. The van der Waals surface area contributed by atoms with E-state index in [1.165, 1.54) is 16.7 Å². The summed E-state index contributed by atoms with van der Waals surface area (Å²) in [4.78, 5) is 0. The standard InChI is InChI=1S/C29H33N2/c1-20(2)25-13-10-14-26(21(3)4)28(25)31-18-17-30(6)29(31)27-19-24(16-15-22(27)5)23-11-8-7-9-12-23/h7-21H,1-6H3/q+1/i20D,21D. The van der Waals surface area contributed by atoms with Crippen LogP contribution in [-0.4, -0.2) is 4.57 Å². The van der Waals surface area contributed by atoms with E-state index in [4.69, 9.17) is 2.74 Å². The molecule has 0 unspecified atom stereocenters. The highest BCUT2D eigenvalue weighted by Crippen LogP contribution is 2.35. The number of hydrogen-bond acceptors (Lipinski definition) is 0. The quantitative estimate of drug-likeness (QED) is 0.307. The van der Waals surface area contributed by atoms with Gasteiger partial charge in [0, 0.05) is 13.9 Å². The first-order chi connectivity index (χ1) is 15.5. The molecule has 158 valence electrons. The monoisotopic (exact) mass is 411 g/mol. The molecule has 2 heteroatoms. The van der Waals surface area contributed by atoms with Crippen LogP contribution >= 0.6 is 0 Å². The Labute approximate surface area is 189 Å². The normalized spacial score (nSPS) is 13.1. The van der Waals surface area contributed by atoms with E-state index in [9.17, 15) is 0 Å². The zero-order chi connectivity index (χ0) is 24.0. The van der Waals surface area contributed by atoms with Gasteiger partial charge in [0.15, 0.2) is 0 Å². The number of aryl methyl sites for hydroxylation is 2. The van der Waals surface area contributed by atoms with Gasteiger partial charge in [0.25, 0.3) is 5.82 Å². The van der Waals surface area contributed by atoms with Crippen LogP contribution in [-0.2, 0) is 7.05 Å². The zero-order valence-electron chi connectivity index (χ0n) is 21.4. The molecule has 3 aromatic carbocycles. The Morgan fingerprint density at radius 1 is 0.806 bits per heavy atom. The van der Waals surface area contributed by atoms with E-state index in [0.29, 0.717) is 0 Å². The highest BCUT2D eigenvalue weighted by Gasteiger charge is 2.26. The fourth-order valence-electron chi connectivity index (χ4n) is 4.26. The van der Waals surface area contributed by atoms with Gasteiger partial charge in [0.2, 0.25) is 0 Å². The molecular formula is C29H33N2+. The van der Waals surface area contributed by atoms with E-state index < -0.39 is 11.8 Å². The summed E-state index contributed by atoms with van der Waals surface area (Å²) in [6.45, 7) is 9.79.